The van der Waals surface area contributed by atoms with E-state index in [0.29, 0.717) is 6.04 Å². The molecule has 118 valence electrons. The first kappa shape index (κ1) is 16.7. The predicted octanol–water partition coefficient (Wildman–Crippen LogP) is 1.93. The molecule has 3 N–H and O–H groups in total. The van der Waals surface area contributed by atoms with Crippen molar-refractivity contribution in [3.63, 3.8) is 0 Å². The van der Waals surface area contributed by atoms with E-state index in [1.165, 1.54) is 6.07 Å². The summed E-state index contributed by atoms with van der Waals surface area (Å²) in [5, 5.41) is 0. The number of likely N-dealkylation sites (tertiary alicyclic amines) is 1. The summed E-state index contributed by atoms with van der Waals surface area (Å²) in [6.07, 6.45) is 1.47. The molecule has 1 aliphatic rings. The molecule has 2 unspecified atom stereocenters. The average molecular weight is 380 g/mol. The highest BCUT2D eigenvalue weighted by molar-refractivity contribution is 9.10. The number of nitrogen functional groups attached to an aromatic ring is 1. The molecule has 1 aromatic carbocycles. The Bertz CT molecular complexity index is 639. The van der Waals surface area contributed by atoms with E-state index < -0.39 is 15.8 Å². The second-order valence-electron chi connectivity index (χ2n) is 5.48. The molecule has 0 aliphatic carbocycles. The predicted molar refractivity (Wildman–Crippen MR) is 83.9 cm³/mol. The molecule has 1 aromatic rings. The fourth-order valence-electron chi connectivity index (χ4n) is 2.46. The van der Waals surface area contributed by atoms with Gasteiger partial charge in [0, 0.05) is 12.1 Å². The fraction of sp³-hybridized carbons (Fsp3) is 0.538. The Morgan fingerprint density at radius 3 is 2.76 bits per heavy atom. The highest BCUT2D eigenvalue weighted by Gasteiger charge is 2.28. The lowest BCUT2D eigenvalue weighted by Crippen LogP contribution is -2.47. The minimum Gasteiger partial charge on any atom is -0.398 e. The quantitative estimate of drug-likeness (QED) is 0.786. The van der Waals surface area contributed by atoms with Gasteiger partial charge in [-0.25, -0.2) is 17.5 Å². The number of sulfonamides is 1. The van der Waals surface area contributed by atoms with E-state index in [-0.39, 0.29) is 21.1 Å². The van der Waals surface area contributed by atoms with Crippen LogP contribution in [0.25, 0.3) is 0 Å². The van der Waals surface area contributed by atoms with Crippen molar-refractivity contribution >= 4 is 31.6 Å². The number of piperidine rings is 1. The molecule has 1 aliphatic heterocycles. The molecule has 0 bridgehead atoms. The van der Waals surface area contributed by atoms with Gasteiger partial charge in [0.1, 0.15) is 10.7 Å². The van der Waals surface area contributed by atoms with Crippen molar-refractivity contribution in [1.82, 2.24) is 9.62 Å². The summed E-state index contributed by atoms with van der Waals surface area (Å²) >= 11 is 2.99. The van der Waals surface area contributed by atoms with Gasteiger partial charge in [0.15, 0.2) is 0 Å². The third kappa shape index (κ3) is 3.74. The first-order valence-electron chi connectivity index (χ1n) is 6.68. The number of nitrogens with zero attached hydrogens (tertiary/aromatic N) is 1. The van der Waals surface area contributed by atoms with Crippen LogP contribution in [0.2, 0.25) is 0 Å². The van der Waals surface area contributed by atoms with Crippen LogP contribution in [0.15, 0.2) is 21.5 Å². The normalized spacial score (nSPS) is 24.2. The van der Waals surface area contributed by atoms with E-state index in [1.807, 2.05) is 7.05 Å². The second-order valence-corrected chi connectivity index (χ2v) is 8.01. The van der Waals surface area contributed by atoms with E-state index in [0.717, 1.165) is 25.5 Å². The van der Waals surface area contributed by atoms with E-state index in [2.05, 4.69) is 32.5 Å². The van der Waals surface area contributed by atoms with Gasteiger partial charge in [-0.2, -0.15) is 0 Å². The van der Waals surface area contributed by atoms with Crippen molar-refractivity contribution in [3.05, 3.63) is 22.4 Å². The molecule has 0 amide bonds. The van der Waals surface area contributed by atoms with Crippen molar-refractivity contribution in [1.29, 1.82) is 0 Å². The monoisotopic (exact) mass is 379 g/mol. The second kappa shape index (κ2) is 6.20. The van der Waals surface area contributed by atoms with E-state index in [4.69, 9.17) is 5.73 Å². The Kier molecular flexibility index (Phi) is 4.92. The number of rotatable bonds is 3. The minimum absolute atomic E-state index is 0.0776. The van der Waals surface area contributed by atoms with Gasteiger partial charge in [0.25, 0.3) is 0 Å². The van der Waals surface area contributed by atoms with Crippen LogP contribution in [-0.2, 0) is 10.0 Å². The maximum absolute atomic E-state index is 13.4. The Morgan fingerprint density at radius 2 is 2.14 bits per heavy atom. The average Bonchev–Trinajstić information content (AvgIpc) is 2.37. The molecule has 0 aromatic heterocycles. The molecular weight excluding hydrogens is 361 g/mol. The molecule has 1 saturated heterocycles. The van der Waals surface area contributed by atoms with Gasteiger partial charge in [-0.15, -0.1) is 0 Å². The summed E-state index contributed by atoms with van der Waals surface area (Å²) < 4.78 is 41.0. The maximum Gasteiger partial charge on any atom is 0.242 e. The molecular formula is C13H19BrFN3O2S. The van der Waals surface area contributed by atoms with Gasteiger partial charge >= 0.3 is 0 Å². The molecule has 0 radical (unpaired) electrons. The number of benzene rings is 1. The van der Waals surface area contributed by atoms with Crippen LogP contribution in [0.4, 0.5) is 10.1 Å². The summed E-state index contributed by atoms with van der Waals surface area (Å²) in [7, 11) is -1.74. The van der Waals surface area contributed by atoms with Crippen molar-refractivity contribution < 1.29 is 12.8 Å². The zero-order valence-corrected chi connectivity index (χ0v) is 14.3. The van der Waals surface area contributed by atoms with Crippen molar-refractivity contribution in [2.45, 2.75) is 36.7 Å². The molecule has 1 heterocycles. The summed E-state index contributed by atoms with van der Waals surface area (Å²) in [6, 6.07) is 2.38. The Balaban J connectivity index is 2.21. The topological polar surface area (TPSA) is 75.4 Å². The van der Waals surface area contributed by atoms with Gasteiger partial charge in [-0.05, 0) is 61.4 Å². The van der Waals surface area contributed by atoms with Crippen LogP contribution in [0.5, 0.6) is 0 Å². The Hall–Kier alpha value is -0.700. The van der Waals surface area contributed by atoms with E-state index in [9.17, 15) is 12.8 Å². The highest BCUT2D eigenvalue weighted by atomic mass is 79.9. The lowest BCUT2D eigenvalue weighted by atomic mass is 10.0. The lowest BCUT2D eigenvalue weighted by Gasteiger charge is -2.35. The minimum atomic E-state index is -3.76. The SMILES string of the molecule is CC1CC(NS(=O)(=O)c2cc(Br)c(F)cc2N)CCN1C. The number of nitrogens with two attached hydrogens (primary N) is 1. The smallest absolute Gasteiger partial charge is 0.242 e. The van der Waals surface area contributed by atoms with Crippen molar-refractivity contribution in [3.8, 4) is 0 Å². The number of nitrogens with one attached hydrogen (secondary N) is 1. The van der Waals surface area contributed by atoms with Crippen molar-refractivity contribution in [2.75, 3.05) is 19.3 Å². The molecule has 0 spiro atoms. The van der Waals surface area contributed by atoms with Crippen LogP contribution >= 0.6 is 15.9 Å². The van der Waals surface area contributed by atoms with Gasteiger partial charge < -0.3 is 10.6 Å². The zero-order chi connectivity index (χ0) is 15.8. The zero-order valence-electron chi connectivity index (χ0n) is 11.9. The highest BCUT2D eigenvalue weighted by Crippen LogP contribution is 2.27. The number of hydrogen-bond acceptors (Lipinski definition) is 4. The standard InChI is InChI=1S/C13H19BrFN3O2S/c1-8-5-9(3-4-18(8)2)17-21(19,20)13-6-10(14)11(15)7-12(13)16/h6-9,17H,3-5,16H2,1-2H3. The third-order valence-electron chi connectivity index (χ3n) is 3.87. The molecule has 21 heavy (non-hydrogen) atoms. The fourth-order valence-corrected chi connectivity index (χ4v) is 4.37. The molecule has 0 saturated carbocycles. The van der Waals surface area contributed by atoms with Crippen LogP contribution in [0, 0.1) is 5.82 Å². The van der Waals surface area contributed by atoms with E-state index in [1.54, 1.807) is 0 Å². The van der Waals surface area contributed by atoms with Gasteiger partial charge in [0.2, 0.25) is 10.0 Å². The van der Waals surface area contributed by atoms with Crippen LogP contribution in [-0.4, -0.2) is 39.0 Å². The first-order valence-corrected chi connectivity index (χ1v) is 8.95. The summed E-state index contributed by atoms with van der Waals surface area (Å²) in [5.41, 5.74) is 5.55. The Morgan fingerprint density at radius 1 is 1.48 bits per heavy atom. The molecule has 2 rings (SSSR count). The number of halogens is 2. The third-order valence-corrected chi connectivity index (χ3v) is 6.06. The van der Waals surface area contributed by atoms with Gasteiger partial charge in [-0.1, -0.05) is 0 Å². The van der Waals surface area contributed by atoms with Crippen LogP contribution in [0.1, 0.15) is 19.8 Å². The summed E-state index contributed by atoms with van der Waals surface area (Å²) in [4.78, 5) is 2.09. The first-order chi connectivity index (χ1) is 9.70. The number of hydrogen-bond donors (Lipinski definition) is 2. The Labute approximate surface area is 132 Å². The molecule has 8 heteroatoms. The molecule has 2 atom stereocenters. The summed E-state index contributed by atoms with van der Waals surface area (Å²) in [5.74, 6) is -0.584. The maximum atomic E-state index is 13.4. The molecule has 1 fully saturated rings. The lowest BCUT2D eigenvalue weighted by molar-refractivity contribution is 0.178. The van der Waals surface area contributed by atoms with Crippen LogP contribution < -0.4 is 10.5 Å². The van der Waals surface area contributed by atoms with Gasteiger partial charge in [-0.3, -0.25) is 0 Å². The van der Waals surface area contributed by atoms with Crippen molar-refractivity contribution in [2.24, 2.45) is 0 Å². The number of anilines is 1. The van der Waals surface area contributed by atoms with Gasteiger partial charge in [0.05, 0.1) is 10.2 Å². The van der Waals surface area contributed by atoms with Crippen LogP contribution in [0.3, 0.4) is 0 Å². The summed E-state index contributed by atoms with van der Waals surface area (Å²) in [6.45, 7) is 2.89. The van der Waals surface area contributed by atoms with E-state index >= 15 is 0 Å². The molecule has 5 nitrogen and oxygen atoms in total. The largest absolute Gasteiger partial charge is 0.398 e.